The predicted molar refractivity (Wildman–Crippen MR) is 110 cm³/mol. The van der Waals surface area contributed by atoms with Gasteiger partial charge in [0.1, 0.15) is 17.0 Å². The summed E-state index contributed by atoms with van der Waals surface area (Å²) in [5.74, 6) is 1.55. The Morgan fingerprint density at radius 1 is 1.28 bits per heavy atom. The SMILES string of the molecule is CS(=O)(=O)N1CC(c2nc3cnc4[nH]ccc4c3n2[C@H]2CC[C@H](CC#N)CC2)C1. The molecule has 1 saturated heterocycles. The van der Waals surface area contributed by atoms with Crippen LogP contribution in [0.2, 0.25) is 0 Å². The number of aromatic amines is 1. The monoisotopic (exact) mass is 412 g/mol. The van der Waals surface area contributed by atoms with E-state index >= 15 is 0 Å². The number of fused-ring (bicyclic) bond motifs is 3. The standard InChI is InChI=1S/C20H24N6O2S/c1-29(27,28)25-11-14(12-25)20-24-17-10-23-19-16(7-9-22-19)18(17)26(20)15-4-2-13(3-5-15)6-8-21/h7,9-10,13-15H,2-6,11-12H2,1H3,(H,22,23)/t13-,15-. The molecule has 8 nitrogen and oxygen atoms in total. The fraction of sp³-hybridized carbons (Fsp3) is 0.550. The van der Waals surface area contributed by atoms with Crippen LogP contribution in [0.1, 0.15) is 49.9 Å². The van der Waals surface area contributed by atoms with Gasteiger partial charge in [-0.3, -0.25) is 0 Å². The molecule has 29 heavy (non-hydrogen) atoms. The molecular formula is C20H24N6O2S. The molecule has 0 radical (unpaired) electrons. The normalized spacial score (nSPS) is 24.0. The van der Waals surface area contributed by atoms with Gasteiger partial charge in [-0.2, -0.15) is 5.26 Å². The first kappa shape index (κ1) is 18.6. The maximum absolute atomic E-state index is 11.8. The number of sulfonamides is 1. The Balaban J connectivity index is 1.57. The maximum Gasteiger partial charge on any atom is 0.211 e. The fourth-order valence-electron chi connectivity index (χ4n) is 4.88. The van der Waals surface area contributed by atoms with Gasteiger partial charge in [0.25, 0.3) is 0 Å². The van der Waals surface area contributed by atoms with Crippen LogP contribution in [0.3, 0.4) is 0 Å². The summed E-state index contributed by atoms with van der Waals surface area (Å²) in [7, 11) is -3.17. The maximum atomic E-state index is 11.8. The number of hydrogen-bond acceptors (Lipinski definition) is 5. The molecule has 1 aliphatic carbocycles. The Hall–Kier alpha value is -2.44. The van der Waals surface area contributed by atoms with Crippen molar-refractivity contribution in [2.75, 3.05) is 19.3 Å². The van der Waals surface area contributed by atoms with Gasteiger partial charge in [0.05, 0.1) is 24.0 Å². The van der Waals surface area contributed by atoms with Crippen molar-refractivity contribution in [1.82, 2.24) is 23.8 Å². The third-order valence-electron chi connectivity index (χ3n) is 6.51. The van der Waals surface area contributed by atoms with E-state index in [0.29, 0.717) is 31.5 Å². The molecule has 3 aromatic rings. The van der Waals surface area contributed by atoms with Gasteiger partial charge >= 0.3 is 0 Å². The summed E-state index contributed by atoms with van der Waals surface area (Å²) >= 11 is 0. The van der Waals surface area contributed by atoms with E-state index in [2.05, 4.69) is 20.6 Å². The minimum Gasteiger partial charge on any atom is -0.346 e. The van der Waals surface area contributed by atoms with Crippen LogP contribution in [0.15, 0.2) is 18.5 Å². The van der Waals surface area contributed by atoms with Crippen molar-refractivity contribution >= 4 is 32.1 Å². The summed E-state index contributed by atoms with van der Waals surface area (Å²) in [6, 6.07) is 4.67. The molecule has 0 bridgehead atoms. The molecule has 5 rings (SSSR count). The minimum atomic E-state index is -3.17. The molecule has 0 unspecified atom stereocenters. The Morgan fingerprint density at radius 2 is 2.03 bits per heavy atom. The highest BCUT2D eigenvalue weighted by Gasteiger charge is 2.39. The van der Waals surface area contributed by atoms with E-state index in [0.717, 1.165) is 53.6 Å². The molecule has 152 valence electrons. The van der Waals surface area contributed by atoms with E-state index in [1.165, 1.54) is 10.6 Å². The van der Waals surface area contributed by atoms with Gasteiger partial charge in [-0.05, 0) is 37.7 Å². The zero-order valence-corrected chi connectivity index (χ0v) is 17.2. The smallest absolute Gasteiger partial charge is 0.211 e. The van der Waals surface area contributed by atoms with E-state index in [1.54, 1.807) is 0 Å². The molecule has 2 fully saturated rings. The van der Waals surface area contributed by atoms with Gasteiger partial charge in [-0.1, -0.05) is 0 Å². The van der Waals surface area contributed by atoms with Gasteiger partial charge in [0.15, 0.2) is 0 Å². The number of nitrogens with zero attached hydrogens (tertiary/aromatic N) is 5. The average Bonchev–Trinajstić information content (AvgIpc) is 3.24. The van der Waals surface area contributed by atoms with Crippen molar-refractivity contribution in [3.05, 3.63) is 24.3 Å². The number of aromatic nitrogens is 4. The van der Waals surface area contributed by atoms with Gasteiger partial charge in [-0.15, -0.1) is 0 Å². The summed E-state index contributed by atoms with van der Waals surface area (Å²) in [6.07, 6.45) is 9.70. The number of imidazole rings is 1. The lowest BCUT2D eigenvalue weighted by atomic mass is 9.84. The molecule has 3 aromatic heterocycles. The summed E-state index contributed by atoms with van der Waals surface area (Å²) in [6.45, 7) is 0.964. The van der Waals surface area contributed by atoms with Crippen LogP contribution in [0.4, 0.5) is 0 Å². The third kappa shape index (κ3) is 3.11. The zero-order chi connectivity index (χ0) is 20.2. The average molecular weight is 413 g/mol. The molecular weight excluding hydrogens is 388 g/mol. The molecule has 0 aromatic carbocycles. The van der Waals surface area contributed by atoms with Crippen molar-refractivity contribution in [1.29, 1.82) is 5.26 Å². The van der Waals surface area contributed by atoms with Crippen LogP contribution in [0.25, 0.3) is 22.1 Å². The van der Waals surface area contributed by atoms with Crippen LogP contribution in [0, 0.1) is 17.2 Å². The van der Waals surface area contributed by atoms with Crippen molar-refractivity contribution in [3.8, 4) is 6.07 Å². The zero-order valence-electron chi connectivity index (χ0n) is 16.4. The first-order valence-corrected chi connectivity index (χ1v) is 12.0. The molecule has 0 spiro atoms. The van der Waals surface area contributed by atoms with Crippen molar-refractivity contribution < 1.29 is 8.42 Å². The number of nitriles is 1. The molecule has 4 heterocycles. The number of H-pyrrole nitrogens is 1. The third-order valence-corrected chi connectivity index (χ3v) is 7.74. The van der Waals surface area contributed by atoms with E-state index in [4.69, 9.17) is 10.2 Å². The molecule has 1 saturated carbocycles. The van der Waals surface area contributed by atoms with E-state index < -0.39 is 10.0 Å². The van der Waals surface area contributed by atoms with E-state index in [9.17, 15) is 8.42 Å². The summed E-state index contributed by atoms with van der Waals surface area (Å²) in [4.78, 5) is 12.6. The molecule has 1 N–H and O–H groups in total. The summed E-state index contributed by atoms with van der Waals surface area (Å²) < 4.78 is 27.6. The van der Waals surface area contributed by atoms with E-state index in [-0.39, 0.29) is 5.92 Å². The lowest BCUT2D eigenvalue weighted by molar-refractivity contribution is 0.234. The van der Waals surface area contributed by atoms with E-state index in [1.807, 2.05) is 18.5 Å². The fourth-order valence-corrected chi connectivity index (χ4v) is 5.78. The first-order chi connectivity index (χ1) is 14.0. The van der Waals surface area contributed by atoms with Crippen LogP contribution >= 0.6 is 0 Å². The largest absolute Gasteiger partial charge is 0.346 e. The van der Waals surface area contributed by atoms with Gasteiger partial charge < -0.3 is 9.55 Å². The number of nitrogens with one attached hydrogen (secondary N) is 1. The molecule has 2 aliphatic rings. The molecule has 9 heteroatoms. The molecule has 1 aliphatic heterocycles. The first-order valence-electron chi connectivity index (χ1n) is 10.1. The number of rotatable bonds is 4. The second-order valence-electron chi connectivity index (χ2n) is 8.39. The minimum absolute atomic E-state index is 0.1000. The summed E-state index contributed by atoms with van der Waals surface area (Å²) in [5.41, 5.74) is 2.80. The van der Waals surface area contributed by atoms with Crippen LogP contribution in [-0.4, -0.2) is 51.6 Å². The quantitative estimate of drug-likeness (QED) is 0.709. The predicted octanol–water partition coefficient (Wildman–Crippen LogP) is 2.92. The highest BCUT2D eigenvalue weighted by molar-refractivity contribution is 7.88. The van der Waals surface area contributed by atoms with Crippen molar-refractivity contribution in [2.24, 2.45) is 5.92 Å². The number of hydrogen-bond donors (Lipinski definition) is 1. The number of pyridine rings is 1. The topological polar surface area (TPSA) is 108 Å². The summed E-state index contributed by atoms with van der Waals surface area (Å²) in [5, 5.41) is 10.1. The van der Waals surface area contributed by atoms with Crippen LogP contribution in [0.5, 0.6) is 0 Å². The van der Waals surface area contributed by atoms with Gasteiger partial charge in [0, 0.05) is 43.1 Å². The Morgan fingerprint density at radius 3 is 2.72 bits per heavy atom. The Bertz CT molecular complexity index is 1210. The van der Waals surface area contributed by atoms with Crippen molar-refractivity contribution in [3.63, 3.8) is 0 Å². The highest BCUT2D eigenvalue weighted by atomic mass is 32.2. The Kier molecular flexibility index (Phi) is 4.37. The molecule has 0 amide bonds. The Labute approximate surface area is 169 Å². The van der Waals surface area contributed by atoms with Crippen LogP contribution < -0.4 is 0 Å². The van der Waals surface area contributed by atoms with Crippen molar-refractivity contribution in [2.45, 2.75) is 44.1 Å². The van der Waals surface area contributed by atoms with Gasteiger partial charge in [-0.25, -0.2) is 22.7 Å². The van der Waals surface area contributed by atoms with Crippen LogP contribution in [-0.2, 0) is 10.0 Å². The lowest BCUT2D eigenvalue weighted by Crippen LogP contribution is -2.48. The highest BCUT2D eigenvalue weighted by Crippen LogP contribution is 2.40. The lowest BCUT2D eigenvalue weighted by Gasteiger charge is -2.38. The second-order valence-corrected chi connectivity index (χ2v) is 10.4. The van der Waals surface area contributed by atoms with Gasteiger partial charge in [0.2, 0.25) is 10.0 Å². The second kappa shape index (κ2) is 6.82. The molecule has 0 atom stereocenters.